The molecule has 0 radical (unpaired) electrons. The third kappa shape index (κ3) is 3.78. The van der Waals surface area contributed by atoms with Gasteiger partial charge in [0.2, 0.25) is 0 Å². The molecule has 3 rings (SSSR count). The average Bonchev–Trinajstić information content (AvgIpc) is 2.41. The van der Waals surface area contributed by atoms with Gasteiger partial charge in [0.1, 0.15) is 6.10 Å². The molecule has 1 fully saturated rings. The fourth-order valence-corrected chi connectivity index (χ4v) is 2.53. The predicted molar refractivity (Wildman–Crippen MR) is 89.5 cm³/mol. The van der Waals surface area contributed by atoms with Gasteiger partial charge in [0.15, 0.2) is 0 Å². The molecule has 1 aliphatic rings. The van der Waals surface area contributed by atoms with Crippen molar-refractivity contribution in [3.8, 4) is 0 Å². The summed E-state index contributed by atoms with van der Waals surface area (Å²) in [5.41, 5.74) is 3.62. The van der Waals surface area contributed by atoms with E-state index in [0.29, 0.717) is 0 Å². The van der Waals surface area contributed by atoms with Gasteiger partial charge >= 0.3 is 0 Å². The Morgan fingerprint density at radius 2 is 1.76 bits per heavy atom. The maximum absolute atomic E-state index is 6.27. The summed E-state index contributed by atoms with van der Waals surface area (Å²) >= 11 is 5.99. The molecule has 4 heteroatoms. The average molecular weight is 324 g/mol. The lowest BCUT2D eigenvalue weighted by molar-refractivity contribution is -0.0204. The monoisotopic (exact) mass is 323 g/mol. The first-order valence-corrected chi connectivity index (χ1v) is 7.29. The van der Waals surface area contributed by atoms with Gasteiger partial charge in [-0.15, -0.1) is 12.4 Å². The van der Waals surface area contributed by atoms with Gasteiger partial charge in [0, 0.05) is 18.1 Å². The molecule has 0 amide bonds. The zero-order chi connectivity index (χ0) is 13.9. The summed E-state index contributed by atoms with van der Waals surface area (Å²) < 4.78 is 6.27. The van der Waals surface area contributed by atoms with Crippen molar-refractivity contribution < 1.29 is 4.74 Å². The van der Waals surface area contributed by atoms with Crippen molar-refractivity contribution in [3.05, 3.63) is 70.2 Å². The van der Waals surface area contributed by atoms with Crippen molar-refractivity contribution in [3.63, 3.8) is 0 Å². The van der Waals surface area contributed by atoms with Gasteiger partial charge in [-0.25, -0.2) is 0 Å². The van der Waals surface area contributed by atoms with Crippen LogP contribution in [0.25, 0.3) is 0 Å². The summed E-state index contributed by atoms with van der Waals surface area (Å²) in [6.07, 6.45) is 0.260. The van der Waals surface area contributed by atoms with E-state index in [1.165, 1.54) is 11.1 Å². The minimum absolute atomic E-state index is 0. The van der Waals surface area contributed by atoms with Crippen molar-refractivity contribution in [2.45, 2.75) is 19.1 Å². The predicted octanol–water partition coefficient (Wildman–Crippen LogP) is 4.15. The van der Waals surface area contributed by atoms with Crippen LogP contribution in [0.3, 0.4) is 0 Å². The maximum atomic E-state index is 6.27. The number of halogens is 2. The molecule has 0 bridgehead atoms. The summed E-state index contributed by atoms with van der Waals surface area (Å²) in [6, 6.07) is 16.3. The molecule has 1 atom stereocenters. The summed E-state index contributed by atoms with van der Waals surface area (Å²) in [4.78, 5) is 0. The molecule has 1 N–H and O–H groups in total. The quantitative estimate of drug-likeness (QED) is 0.912. The Morgan fingerprint density at radius 1 is 1.10 bits per heavy atom. The highest BCUT2D eigenvalue weighted by atomic mass is 35.5. The van der Waals surface area contributed by atoms with Crippen LogP contribution in [0.4, 0.5) is 0 Å². The van der Waals surface area contributed by atoms with E-state index in [2.05, 4.69) is 36.5 Å². The molecule has 2 aromatic rings. The van der Waals surface area contributed by atoms with Gasteiger partial charge in [0.25, 0.3) is 0 Å². The third-order valence-corrected chi connectivity index (χ3v) is 3.97. The second kappa shape index (κ2) is 7.28. The highest BCUT2D eigenvalue weighted by molar-refractivity contribution is 6.30. The van der Waals surface area contributed by atoms with Gasteiger partial charge in [-0.05, 0) is 35.7 Å². The molecule has 0 aromatic heterocycles. The number of ether oxygens (including phenoxy) is 1. The van der Waals surface area contributed by atoms with Crippen molar-refractivity contribution in [2.75, 3.05) is 13.1 Å². The van der Waals surface area contributed by atoms with Crippen LogP contribution < -0.4 is 5.32 Å². The Balaban J connectivity index is 0.00000161. The largest absolute Gasteiger partial charge is 0.363 e. The van der Waals surface area contributed by atoms with E-state index in [4.69, 9.17) is 16.3 Å². The first kappa shape index (κ1) is 16.3. The van der Waals surface area contributed by atoms with Crippen LogP contribution in [-0.4, -0.2) is 19.2 Å². The normalized spacial score (nSPS) is 15.9. The molecule has 1 heterocycles. The Bertz CT molecular complexity index is 582. The summed E-state index contributed by atoms with van der Waals surface area (Å²) in [6.45, 7) is 3.98. The third-order valence-electron chi connectivity index (χ3n) is 3.72. The van der Waals surface area contributed by atoms with Gasteiger partial charge < -0.3 is 10.1 Å². The first-order valence-electron chi connectivity index (χ1n) is 6.91. The standard InChI is InChI=1S/C17H18ClNO.ClH/c1-12-4-2-3-5-16(12)17(20-15-10-19-11-15)13-6-8-14(18)9-7-13;/h2-9,15,17,19H,10-11H2,1H3;1H. The topological polar surface area (TPSA) is 21.3 Å². The van der Waals surface area contributed by atoms with E-state index >= 15 is 0 Å². The SMILES string of the molecule is Cc1ccccc1C(OC1CNC1)c1ccc(Cl)cc1.Cl. The smallest absolute Gasteiger partial charge is 0.108 e. The van der Waals surface area contributed by atoms with Crippen LogP contribution in [0.5, 0.6) is 0 Å². The molecule has 1 saturated heterocycles. The summed E-state index contributed by atoms with van der Waals surface area (Å²) in [5.74, 6) is 0. The van der Waals surface area contributed by atoms with Crippen molar-refractivity contribution in [1.29, 1.82) is 0 Å². The molecular weight excluding hydrogens is 305 g/mol. The van der Waals surface area contributed by atoms with Gasteiger partial charge in [-0.3, -0.25) is 0 Å². The zero-order valence-corrected chi connectivity index (χ0v) is 13.5. The van der Waals surface area contributed by atoms with Crippen molar-refractivity contribution in [2.24, 2.45) is 0 Å². The van der Waals surface area contributed by atoms with Crippen LogP contribution in [0.2, 0.25) is 5.02 Å². The van der Waals surface area contributed by atoms with Gasteiger partial charge in [-0.2, -0.15) is 0 Å². The molecule has 2 nitrogen and oxygen atoms in total. The van der Waals surface area contributed by atoms with Crippen LogP contribution >= 0.6 is 24.0 Å². The number of hydrogen-bond donors (Lipinski definition) is 1. The van der Waals surface area contributed by atoms with Crippen LogP contribution in [0, 0.1) is 6.92 Å². The van der Waals surface area contributed by atoms with Gasteiger partial charge in [-0.1, -0.05) is 48.0 Å². The highest BCUT2D eigenvalue weighted by Crippen LogP contribution is 2.31. The van der Waals surface area contributed by atoms with Crippen molar-refractivity contribution >= 4 is 24.0 Å². The number of hydrogen-bond acceptors (Lipinski definition) is 2. The van der Waals surface area contributed by atoms with Crippen molar-refractivity contribution in [1.82, 2.24) is 5.32 Å². The van der Waals surface area contributed by atoms with E-state index in [9.17, 15) is 0 Å². The number of aryl methyl sites for hydroxylation is 1. The lowest BCUT2D eigenvalue weighted by Crippen LogP contribution is -2.49. The highest BCUT2D eigenvalue weighted by Gasteiger charge is 2.25. The molecule has 1 unspecified atom stereocenters. The Kier molecular flexibility index (Phi) is 5.65. The Labute approximate surface area is 136 Å². The van der Waals surface area contributed by atoms with Crippen LogP contribution in [-0.2, 0) is 4.74 Å². The lowest BCUT2D eigenvalue weighted by atomic mass is 9.97. The number of rotatable bonds is 4. The van der Waals surface area contributed by atoms with Crippen LogP contribution in [0.15, 0.2) is 48.5 Å². The maximum Gasteiger partial charge on any atom is 0.108 e. The zero-order valence-electron chi connectivity index (χ0n) is 11.9. The molecule has 0 aliphatic carbocycles. The van der Waals surface area contributed by atoms with Gasteiger partial charge in [0.05, 0.1) is 6.10 Å². The van der Waals surface area contributed by atoms with E-state index in [1.807, 2.05) is 24.3 Å². The lowest BCUT2D eigenvalue weighted by Gasteiger charge is -2.32. The molecule has 21 heavy (non-hydrogen) atoms. The molecule has 112 valence electrons. The van der Waals surface area contributed by atoms with E-state index in [0.717, 1.165) is 23.7 Å². The fraction of sp³-hybridized carbons (Fsp3) is 0.294. The minimum Gasteiger partial charge on any atom is -0.363 e. The molecule has 0 spiro atoms. The molecule has 0 saturated carbocycles. The summed E-state index contributed by atoms with van der Waals surface area (Å²) in [7, 11) is 0. The Hall–Kier alpha value is -1.06. The molecule has 1 aliphatic heterocycles. The van der Waals surface area contributed by atoms with E-state index in [1.54, 1.807) is 0 Å². The number of benzene rings is 2. The second-order valence-electron chi connectivity index (χ2n) is 5.20. The fourth-order valence-electron chi connectivity index (χ4n) is 2.40. The minimum atomic E-state index is -0.0273. The summed E-state index contributed by atoms with van der Waals surface area (Å²) in [5, 5.41) is 4.00. The van der Waals surface area contributed by atoms with E-state index < -0.39 is 0 Å². The first-order chi connectivity index (χ1) is 9.74. The second-order valence-corrected chi connectivity index (χ2v) is 5.64. The van der Waals surface area contributed by atoms with Crippen LogP contribution in [0.1, 0.15) is 22.8 Å². The molecule has 2 aromatic carbocycles. The molecular formula is C17H19Cl2NO. The number of nitrogens with one attached hydrogen (secondary N) is 1. The Morgan fingerprint density at radius 3 is 2.33 bits per heavy atom. The van der Waals surface area contributed by atoms with E-state index in [-0.39, 0.29) is 24.6 Å².